The van der Waals surface area contributed by atoms with Crippen molar-refractivity contribution in [1.82, 2.24) is 10.4 Å². The van der Waals surface area contributed by atoms with Crippen LogP contribution in [-0.4, -0.2) is 23.2 Å². The minimum Gasteiger partial charge on any atom is -0.483 e. The molecule has 0 fully saturated rings. The van der Waals surface area contributed by atoms with Crippen LogP contribution in [0.4, 0.5) is 0 Å². The lowest BCUT2D eigenvalue weighted by molar-refractivity contribution is -0.123. The highest BCUT2D eigenvalue weighted by Gasteiger charge is 2.10. The summed E-state index contributed by atoms with van der Waals surface area (Å²) >= 11 is 0. The van der Waals surface area contributed by atoms with Gasteiger partial charge in [0.05, 0.1) is 5.71 Å². The molecule has 0 aliphatic rings. The largest absolute Gasteiger partial charge is 0.483 e. The monoisotopic (exact) mass is 325 g/mol. The first kappa shape index (κ1) is 17.7. The Labute approximate surface area is 142 Å². The number of hydrogen-bond acceptors (Lipinski definition) is 4. The summed E-state index contributed by atoms with van der Waals surface area (Å²) in [5, 5.41) is 4.09. The number of aromatic nitrogens is 1. The molecule has 0 bridgehead atoms. The van der Waals surface area contributed by atoms with Gasteiger partial charge in [0.1, 0.15) is 5.75 Å². The highest BCUT2D eigenvalue weighted by molar-refractivity contribution is 5.99. The van der Waals surface area contributed by atoms with Crippen LogP contribution >= 0.6 is 0 Å². The molecule has 0 aliphatic carbocycles. The average Bonchev–Trinajstić information content (AvgIpc) is 2.58. The maximum Gasteiger partial charge on any atom is 0.277 e. The topological polar surface area (TPSA) is 63.6 Å². The van der Waals surface area contributed by atoms with Gasteiger partial charge < -0.3 is 4.74 Å². The molecule has 24 heavy (non-hydrogen) atoms. The van der Waals surface area contributed by atoms with Crippen molar-refractivity contribution in [1.29, 1.82) is 0 Å². The Bertz CT molecular complexity index is 725. The van der Waals surface area contributed by atoms with Crippen molar-refractivity contribution in [2.75, 3.05) is 6.61 Å². The fourth-order valence-electron chi connectivity index (χ4n) is 2.22. The lowest BCUT2D eigenvalue weighted by Gasteiger charge is -2.14. The Hall–Kier alpha value is -2.69. The van der Waals surface area contributed by atoms with Crippen LogP contribution in [0.5, 0.6) is 5.75 Å². The molecule has 1 amide bonds. The van der Waals surface area contributed by atoms with Crippen molar-refractivity contribution in [2.45, 2.75) is 33.6 Å². The molecule has 0 spiro atoms. The second-order valence-electron chi connectivity index (χ2n) is 5.95. The van der Waals surface area contributed by atoms with Gasteiger partial charge in [-0.25, -0.2) is 5.43 Å². The summed E-state index contributed by atoms with van der Waals surface area (Å²) in [6.07, 6.45) is 3.37. The molecule has 0 aliphatic heterocycles. The third-order valence-electron chi connectivity index (χ3n) is 3.60. The standard InChI is InChI=1S/C19H23N3O2/c1-13(2)17-6-5-14(3)11-18(17)24-12-19(23)22-21-15(4)16-7-9-20-10-8-16/h5-11,13H,12H2,1-4H3,(H,22,23)/b21-15+. The van der Waals surface area contributed by atoms with E-state index in [-0.39, 0.29) is 12.5 Å². The Balaban J connectivity index is 1.95. The maximum absolute atomic E-state index is 12.0. The van der Waals surface area contributed by atoms with E-state index >= 15 is 0 Å². The summed E-state index contributed by atoms with van der Waals surface area (Å²) in [6, 6.07) is 9.71. The molecule has 5 heteroatoms. The molecule has 0 saturated carbocycles. The molecular weight excluding hydrogens is 302 g/mol. The fraction of sp³-hybridized carbons (Fsp3) is 0.316. The van der Waals surface area contributed by atoms with E-state index in [1.807, 2.05) is 44.2 Å². The number of carbonyl (C=O) groups excluding carboxylic acids is 1. The highest BCUT2D eigenvalue weighted by atomic mass is 16.5. The van der Waals surface area contributed by atoms with E-state index in [9.17, 15) is 4.79 Å². The first-order valence-corrected chi connectivity index (χ1v) is 7.94. The number of nitrogens with zero attached hydrogens (tertiary/aromatic N) is 2. The number of aryl methyl sites for hydroxylation is 1. The first-order valence-electron chi connectivity index (χ1n) is 7.94. The molecule has 0 atom stereocenters. The lowest BCUT2D eigenvalue weighted by atomic mass is 10.0. The van der Waals surface area contributed by atoms with Crippen molar-refractivity contribution in [2.24, 2.45) is 5.10 Å². The predicted molar refractivity (Wildman–Crippen MR) is 95.4 cm³/mol. The van der Waals surface area contributed by atoms with Gasteiger partial charge in [-0.15, -0.1) is 0 Å². The molecule has 0 saturated heterocycles. The van der Waals surface area contributed by atoms with E-state index in [2.05, 4.69) is 29.4 Å². The zero-order valence-corrected chi connectivity index (χ0v) is 14.5. The Morgan fingerprint density at radius 1 is 1.25 bits per heavy atom. The van der Waals surface area contributed by atoms with Gasteiger partial charge in [-0.2, -0.15) is 5.10 Å². The van der Waals surface area contributed by atoms with Gasteiger partial charge in [0.2, 0.25) is 0 Å². The normalized spacial score (nSPS) is 11.5. The summed E-state index contributed by atoms with van der Waals surface area (Å²) in [7, 11) is 0. The Morgan fingerprint density at radius 3 is 2.62 bits per heavy atom. The lowest BCUT2D eigenvalue weighted by Crippen LogP contribution is -2.26. The first-order chi connectivity index (χ1) is 11.5. The second-order valence-corrected chi connectivity index (χ2v) is 5.95. The summed E-state index contributed by atoms with van der Waals surface area (Å²) < 4.78 is 5.69. The number of hydrogen-bond donors (Lipinski definition) is 1. The molecule has 1 heterocycles. The van der Waals surface area contributed by atoms with Gasteiger partial charge >= 0.3 is 0 Å². The van der Waals surface area contributed by atoms with Crippen molar-refractivity contribution >= 4 is 11.6 Å². The van der Waals surface area contributed by atoms with Crippen LogP contribution in [-0.2, 0) is 4.79 Å². The number of benzene rings is 1. The van der Waals surface area contributed by atoms with Gasteiger partial charge in [-0.05, 0) is 49.1 Å². The quantitative estimate of drug-likeness (QED) is 0.654. The fourth-order valence-corrected chi connectivity index (χ4v) is 2.22. The molecule has 0 unspecified atom stereocenters. The SMILES string of the molecule is C/C(=N\NC(=O)COc1cc(C)ccc1C(C)C)c1ccncc1. The Kier molecular flexibility index (Phi) is 6.07. The predicted octanol–water partition coefficient (Wildman–Crippen LogP) is 3.43. The average molecular weight is 325 g/mol. The highest BCUT2D eigenvalue weighted by Crippen LogP contribution is 2.27. The van der Waals surface area contributed by atoms with E-state index in [0.717, 1.165) is 22.4 Å². The minimum absolute atomic E-state index is 0.0731. The van der Waals surface area contributed by atoms with Gasteiger partial charge in [0.25, 0.3) is 5.91 Å². The molecule has 5 nitrogen and oxygen atoms in total. The minimum atomic E-state index is -0.292. The van der Waals surface area contributed by atoms with E-state index in [0.29, 0.717) is 11.6 Å². The molecule has 1 aromatic heterocycles. The number of ether oxygens (including phenoxy) is 1. The summed E-state index contributed by atoms with van der Waals surface area (Å²) in [6.45, 7) is 7.95. The summed E-state index contributed by atoms with van der Waals surface area (Å²) in [5.74, 6) is 0.783. The third-order valence-corrected chi connectivity index (χ3v) is 3.60. The molecule has 1 N–H and O–H groups in total. The van der Waals surface area contributed by atoms with Crippen LogP contribution in [0.2, 0.25) is 0 Å². The van der Waals surface area contributed by atoms with Crippen molar-refractivity contribution in [3.05, 3.63) is 59.4 Å². The van der Waals surface area contributed by atoms with Crippen LogP contribution in [0.1, 0.15) is 43.4 Å². The van der Waals surface area contributed by atoms with Crippen LogP contribution in [0, 0.1) is 6.92 Å². The van der Waals surface area contributed by atoms with Crippen LogP contribution in [0.25, 0.3) is 0 Å². The number of hydrazone groups is 1. The second kappa shape index (κ2) is 8.24. The molecular formula is C19H23N3O2. The van der Waals surface area contributed by atoms with E-state index in [1.54, 1.807) is 12.4 Å². The Morgan fingerprint density at radius 2 is 1.96 bits per heavy atom. The van der Waals surface area contributed by atoms with Crippen LogP contribution in [0.3, 0.4) is 0 Å². The third kappa shape index (κ3) is 4.91. The maximum atomic E-state index is 12.0. The van der Waals surface area contributed by atoms with E-state index in [4.69, 9.17) is 4.74 Å². The summed E-state index contributed by atoms with van der Waals surface area (Å²) in [5.41, 5.74) is 6.33. The number of pyridine rings is 1. The number of rotatable bonds is 6. The van der Waals surface area contributed by atoms with Gasteiger partial charge in [-0.1, -0.05) is 26.0 Å². The zero-order valence-electron chi connectivity index (χ0n) is 14.5. The van der Waals surface area contributed by atoms with E-state index in [1.165, 1.54) is 0 Å². The van der Waals surface area contributed by atoms with Crippen LogP contribution < -0.4 is 10.2 Å². The molecule has 126 valence electrons. The van der Waals surface area contributed by atoms with Crippen molar-refractivity contribution in [3.8, 4) is 5.75 Å². The van der Waals surface area contributed by atoms with Gasteiger partial charge in [0, 0.05) is 18.0 Å². The zero-order chi connectivity index (χ0) is 17.5. The van der Waals surface area contributed by atoms with Crippen molar-refractivity contribution in [3.63, 3.8) is 0 Å². The summed E-state index contributed by atoms with van der Waals surface area (Å²) in [4.78, 5) is 15.9. The number of carbonyl (C=O) groups is 1. The molecule has 0 radical (unpaired) electrons. The van der Waals surface area contributed by atoms with Gasteiger partial charge in [-0.3, -0.25) is 9.78 Å². The van der Waals surface area contributed by atoms with E-state index < -0.39 is 0 Å². The van der Waals surface area contributed by atoms with Crippen LogP contribution in [0.15, 0.2) is 47.8 Å². The number of nitrogens with one attached hydrogen (secondary N) is 1. The van der Waals surface area contributed by atoms with Crippen molar-refractivity contribution < 1.29 is 9.53 Å². The molecule has 2 aromatic rings. The number of amides is 1. The molecule has 1 aromatic carbocycles. The molecule has 2 rings (SSSR count). The smallest absolute Gasteiger partial charge is 0.277 e. The van der Waals surface area contributed by atoms with Gasteiger partial charge in [0.15, 0.2) is 6.61 Å².